The van der Waals surface area contributed by atoms with Gasteiger partial charge in [0.1, 0.15) is 0 Å². The van der Waals surface area contributed by atoms with Crippen LogP contribution in [0.2, 0.25) is 0 Å². The van der Waals surface area contributed by atoms with Crippen molar-refractivity contribution in [3.8, 4) is 0 Å². The SMILES string of the molecule is COCCN1CC(C(=O)N(C)CCN2CCCC2)CC1=O. The van der Waals surface area contributed by atoms with Gasteiger partial charge in [-0.15, -0.1) is 0 Å². The van der Waals surface area contributed by atoms with E-state index in [1.807, 2.05) is 7.05 Å². The Balaban J connectivity index is 1.75. The summed E-state index contributed by atoms with van der Waals surface area (Å²) >= 11 is 0. The van der Waals surface area contributed by atoms with Gasteiger partial charge in [-0.1, -0.05) is 0 Å². The van der Waals surface area contributed by atoms with E-state index in [9.17, 15) is 9.59 Å². The number of carbonyl (C=O) groups is 2. The highest BCUT2D eigenvalue weighted by Crippen LogP contribution is 2.19. The minimum absolute atomic E-state index is 0.0679. The predicted octanol–water partition coefficient (Wildman–Crippen LogP) is 0.0355. The largest absolute Gasteiger partial charge is 0.383 e. The Morgan fingerprint density at radius 3 is 2.71 bits per heavy atom. The maximum Gasteiger partial charge on any atom is 0.227 e. The smallest absolute Gasteiger partial charge is 0.227 e. The van der Waals surface area contributed by atoms with Crippen LogP contribution in [0.5, 0.6) is 0 Å². The molecule has 0 bridgehead atoms. The molecule has 6 nitrogen and oxygen atoms in total. The Bertz CT molecular complexity index is 369. The number of methoxy groups -OCH3 is 1. The standard InChI is InChI=1S/C15H27N3O3/c1-16(7-8-17-5-3-4-6-17)15(20)13-11-14(19)18(12-13)9-10-21-2/h13H,3-12H2,1-2H3. The van der Waals surface area contributed by atoms with Crippen LogP contribution in [0.25, 0.3) is 0 Å². The first-order valence-corrected chi connectivity index (χ1v) is 7.86. The molecule has 120 valence electrons. The number of ether oxygens (including phenoxy) is 1. The first-order valence-electron chi connectivity index (χ1n) is 7.86. The van der Waals surface area contributed by atoms with Crippen molar-refractivity contribution in [1.29, 1.82) is 0 Å². The number of carbonyl (C=O) groups excluding carboxylic acids is 2. The molecule has 0 aromatic rings. The van der Waals surface area contributed by atoms with Crippen molar-refractivity contribution in [2.45, 2.75) is 19.3 Å². The summed E-state index contributed by atoms with van der Waals surface area (Å²) in [5, 5.41) is 0. The fraction of sp³-hybridized carbons (Fsp3) is 0.867. The van der Waals surface area contributed by atoms with Crippen molar-refractivity contribution in [1.82, 2.24) is 14.7 Å². The van der Waals surface area contributed by atoms with Gasteiger partial charge in [0.15, 0.2) is 0 Å². The minimum atomic E-state index is -0.182. The highest BCUT2D eigenvalue weighted by molar-refractivity contribution is 5.89. The third-order valence-corrected chi connectivity index (χ3v) is 4.46. The summed E-state index contributed by atoms with van der Waals surface area (Å²) in [6.45, 7) is 5.63. The van der Waals surface area contributed by atoms with Gasteiger partial charge in [0.05, 0.1) is 12.5 Å². The molecule has 2 rings (SSSR count). The second kappa shape index (κ2) is 7.75. The quantitative estimate of drug-likeness (QED) is 0.665. The molecule has 0 aromatic carbocycles. The molecule has 0 radical (unpaired) electrons. The van der Waals surface area contributed by atoms with Crippen molar-refractivity contribution < 1.29 is 14.3 Å². The molecule has 0 aliphatic carbocycles. The number of likely N-dealkylation sites (N-methyl/N-ethyl adjacent to an activating group) is 1. The summed E-state index contributed by atoms with van der Waals surface area (Å²) in [7, 11) is 3.47. The maximum absolute atomic E-state index is 12.4. The lowest BCUT2D eigenvalue weighted by Crippen LogP contribution is -2.39. The molecule has 0 spiro atoms. The zero-order valence-corrected chi connectivity index (χ0v) is 13.2. The minimum Gasteiger partial charge on any atom is -0.383 e. The van der Waals surface area contributed by atoms with Crippen LogP contribution in [-0.2, 0) is 14.3 Å². The zero-order valence-electron chi connectivity index (χ0n) is 13.2. The van der Waals surface area contributed by atoms with Gasteiger partial charge in [-0.25, -0.2) is 0 Å². The first-order chi connectivity index (χ1) is 10.1. The number of hydrogen-bond donors (Lipinski definition) is 0. The number of rotatable bonds is 7. The highest BCUT2D eigenvalue weighted by Gasteiger charge is 2.35. The molecule has 2 heterocycles. The Hall–Kier alpha value is -1.14. The summed E-state index contributed by atoms with van der Waals surface area (Å²) in [6, 6.07) is 0. The van der Waals surface area contributed by atoms with Gasteiger partial charge in [0, 0.05) is 46.8 Å². The van der Waals surface area contributed by atoms with E-state index in [0.717, 1.165) is 26.2 Å². The molecule has 21 heavy (non-hydrogen) atoms. The molecule has 2 aliphatic rings. The van der Waals surface area contributed by atoms with Crippen LogP contribution in [0, 0.1) is 5.92 Å². The van der Waals surface area contributed by atoms with Crippen LogP contribution >= 0.6 is 0 Å². The average molecular weight is 297 g/mol. The van der Waals surface area contributed by atoms with Gasteiger partial charge in [-0.05, 0) is 25.9 Å². The topological polar surface area (TPSA) is 53.1 Å². The lowest BCUT2D eigenvalue weighted by atomic mass is 10.1. The van der Waals surface area contributed by atoms with E-state index in [0.29, 0.717) is 26.1 Å². The molecular formula is C15H27N3O3. The van der Waals surface area contributed by atoms with Gasteiger partial charge >= 0.3 is 0 Å². The molecule has 0 aromatic heterocycles. The molecular weight excluding hydrogens is 270 g/mol. The summed E-state index contributed by atoms with van der Waals surface area (Å²) in [4.78, 5) is 30.2. The van der Waals surface area contributed by atoms with Gasteiger partial charge in [-0.3, -0.25) is 9.59 Å². The maximum atomic E-state index is 12.4. The number of likely N-dealkylation sites (tertiary alicyclic amines) is 2. The summed E-state index contributed by atoms with van der Waals surface area (Å²) < 4.78 is 5.00. The fourth-order valence-electron chi connectivity index (χ4n) is 3.07. The van der Waals surface area contributed by atoms with E-state index in [2.05, 4.69) is 4.90 Å². The predicted molar refractivity (Wildman–Crippen MR) is 79.9 cm³/mol. The lowest BCUT2D eigenvalue weighted by Gasteiger charge is -2.24. The number of amides is 2. The molecule has 6 heteroatoms. The van der Waals surface area contributed by atoms with Crippen LogP contribution in [0.1, 0.15) is 19.3 Å². The second-order valence-electron chi connectivity index (χ2n) is 6.04. The van der Waals surface area contributed by atoms with Crippen molar-refractivity contribution in [2.24, 2.45) is 5.92 Å². The third-order valence-electron chi connectivity index (χ3n) is 4.46. The first kappa shape index (κ1) is 16.2. The van der Waals surface area contributed by atoms with Crippen LogP contribution in [-0.4, -0.2) is 86.5 Å². The lowest BCUT2D eigenvalue weighted by molar-refractivity contribution is -0.134. The second-order valence-corrected chi connectivity index (χ2v) is 6.04. The van der Waals surface area contributed by atoms with Crippen LogP contribution < -0.4 is 0 Å². The highest BCUT2D eigenvalue weighted by atomic mass is 16.5. The normalized spacial score (nSPS) is 23.0. The van der Waals surface area contributed by atoms with Crippen LogP contribution in [0.15, 0.2) is 0 Å². The average Bonchev–Trinajstić information content (AvgIpc) is 3.11. The van der Waals surface area contributed by atoms with E-state index >= 15 is 0 Å². The number of hydrogen-bond acceptors (Lipinski definition) is 4. The molecule has 2 fully saturated rings. The molecule has 2 saturated heterocycles. The monoisotopic (exact) mass is 297 g/mol. The summed E-state index contributed by atoms with van der Waals surface area (Å²) in [5.74, 6) is -0.0151. The van der Waals surface area contributed by atoms with Gasteiger partial charge in [0.25, 0.3) is 0 Å². The zero-order chi connectivity index (χ0) is 15.2. The van der Waals surface area contributed by atoms with Gasteiger partial charge < -0.3 is 19.4 Å². The van der Waals surface area contributed by atoms with Crippen molar-refractivity contribution >= 4 is 11.8 Å². The molecule has 2 aliphatic heterocycles. The summed E-state index contributed by atoms with van der Waals surface area (Å²) in [5.41, 5.74) is 0. The molecule has 2 amide bonds. The Kier molecular flexibility index (Phi) is 5.99. The molecule has 1 unspecified atom stereocenters. The molecule has 0 saturated carbocycles. The van der Waals surface area contributed by atoms with E-state index in [1.54, 1.807) is 16.9 Å². The van der Waals surface area contributed by atoms with Crippen molar-refractivity contribution in [3.05, 3.63) is 0 Å². The van der Waals surface area contributed by atoms with Gasteiger partial charge in [0.2, 0.25) is 11.8 Å². The van der Waals surface area contributed by atoms with E-state index in [4.69, 9.17) is 4.74 Å². The Labute approximate surface area is 127 Å². The fourth-order valence-corrected chi connectivity index (χ4v) is 3.07. The van der Waals surface area contributed by atoms with Crippen molar-refractivity contribution in [3.63, 3.8) is 0 Å². The van der Waals surface area contributed by atoms with E-state index in [1.165, 1.54) is 12.8 Å². The Morgan fingerprint density at radius 2 is 2.05 bits per heavy atom. The van der Waals surface area contributed by atoms with Crippen LogP contribution in [0.4, 0.5) is 0 Å². The number of nitrogens with zero attached hydrogens (tertiary/aromatic N) is 3. The van der Waals surface area contributed by atoms with Gasteiger partial charge in [-0.2, -0.15) is 0 Å². The Morgan fingerprint density at radius 1 is 1.33 bits per heavy atom. The van der Waals surface area contributed by atoms with E-state index in [-0.39, 0.29) is 17.7 Å². The van der Waals surface area contributed by atoms with Crippen LogP contribution in [0.3, 0.4) is 0 Å². The molecule has 0 N–H and O–H groups in total. The van der Waals surface area contributed by atoms with E-state index < -0.39 is 0 Å². The third kappa shape index (κ3) is 4.41. The van der Waals surface area contributed by atoms with Crippen molar-refractivity contribution in [2.75, 3.05) is 60.0 Å². The summed E-state index contributed by atoms with van der Waals surface area (Å²) in [6.07, 6.45) is 2.88. The molecule has 1 atom stereocenters.